The molecule has 0 amide bonds. The highest BCUT2D eigenvalue weighted by Gasteiger charge is 2.18. The van der Waals surface area contributed by atoms with Gasteiger partial charge < -0.3 is 0 Å². The van der Waals surface area contributed by atoms with E-state index in [4.69, 9.17) is 0 Å². The van der Waals surface area contributed by atoms with Crippen LogP contribution in [0, 0.1) is 6.92 Å². The van der Waals surface area contributed by atoms with E-state index in [1.807, 2.05) is 4.72 Å². The van der Waals surface area contributed by atoms with Crippen LogP contribution in [-0.2, 0) is 19.9 Å². The van der Waals surface area contributed by atoms with E-state index in [2.05, 4.69) is 10.2 Å². The lowest BCUT2D eigenvalue weighted by Crippen LogP contribution is -2.22. The van der Waals surface area contributed by atoms with Crippen molar-refractivity contribution in [3.05, 3.63) is 11.8 Å². The first-order valence-corrected chi connectivity index (χ1v) is 7.59. The van der Waals surface area contributed by atoms with Gasteiger partial charge in [0.2, 0.25) is 10.0 Å². The van der Waals surface area contributed by atoms with Crippen molar-refractivity contribution in [1.29, 1.82) is 0 Å². The quantitative estimate of drug-likeness (QED) is 0.749. The van der Waals surface area contributed by atoms with Crippen molar-refractivity contribution in [1.82, 2.24) is 10.2 Å². The standard InChI is InChI=1S/C6H11N3O4S2/c1-5-3-6(8-7-5)9-15(12,13)4-14(2,10)11/h3H,4H2,1-2H3,(H2,7,8,9). The third-order valence-corrected chi connectivity index (χ3v) is 4.81. The van der Waals surface area contributed by atoms with Crippen molar-refractivity contribution in [2.75, 3.05) is 16.1 Å². The summed E-state index contributed by atoms with van der Waals surface area (Å²) in [5.41, 5.74) is 0.673. The number of aromatic amines is 1. The molecule has 0 bridgehead atoms. The first-order chi connectivity index (χ1) is 6.68. The zero-order chi connectivity index (χ0) is 11.7. The Labute approximate surface area is 87.9 Å². The summed E-state index contributed by atoms with van der Waals surface area (Å²) in [7, 11) is -7.48. The molecule has 15 heavy (non-hydrogen) atoms. The van der Waals surface area contributed by atoms with Gasteiger partial charge >= 0.3 is 0 Å². The topological polar surface area (TPSA) is 109 Å². The number of hydrogen-bond donors (Lipinski definition) is 2. The fraction of sp³-hybridized carbons (Fsp3) is 0.500. The van der Waals surface area contributed by atoms with Gasteiger partial charge in [-0.3, -0.25) is 9.82 Å². The fourth-order valence-electron chi connectivity index (χ4n) is 0.941. The number of nitrogens with zero attached hydrogens (tertiary/aromatic N) is 1. The highest BCUT2D eigenvalue weighted by atomic mass is 32.3. The maximum absolute atomic E-state index is 11.3. The Balaban J connectivity index is 2.82. The van der Waals surface area contributed by atoms with Crippen molar-refractivity contribution in [2.45, 2.75) is 6.92 Å². The van der Waals surface area contributed by atoms with E-state index in [0.29, 0.717) is 5.69 Å². The van der Waals surface area contributed by atoms with Gasteiger partial charge in [-0.25, -0.2) is 16.8 Å². The van der Waals surface area contributed by atoms with E-state index in [-0.39, 0.29) is 5.82 Å². The molecule has 0 fully saturated rings. The van der Waals surface area contributed by atoms with Crippen LogP contribution in [0.3, 0.4) is 0 Å². The summed E-state index contributed by atoms with van der Waals surface area (Å²) in [5, 5.41) is 5.20. The summed E-state index contributed by atoms with van der Waals surface area (Å²) < 4.78 is 46.2. The molecule has 1 rings (SSSR count). The minimum atomic E-state index is -3.90. The smallest absolute Gasteiger partial charge is 0.248 e. The van der Waals surface area contributed by atoms with Gasteiger partial charge in [-0.1, -0.05) is 0 Å². The lowest BCUT2D eigenvalue weighted by atomic mass is 10.5. The van der Waals surface area contributed by atoms with Crippen LogP contribution in [0.5, 0.6) is 0 Å². The van der Waals surface area contributed by atoms with Crippen molar-refractivity contribution in [3.8, 4) is 0 Å². The van der Waals surface area contributed by atoms with Crippen LogP contribution in [0.1, 0.15) is 5.69 Å². The van der Waals surface area contributed by atoms with E-state index in [0.717, 1.165) is 6.26 Å². The second-order valence-electron chi connectivity index (χ2n) is 3.20. The largest absolute Gasteiger partial charge is 0.281 e. The minimum Gasteiger partial charge on any atom is -0.281 e. The number of anilines is 1. The van der Waals surface area contributed by atoms with Gasteiger partial charge in [0.15, 0.2) is 20.7 Å². The molecule has 0 aliphatic carbocycles. The lowest BCUT2D eigenvalue weighted by molar-refractivity contribution is 0.594. The Kier molecular flexibility index (Phi) is 3.05. The van der Waals surface area contributed by atoms with E-state index in [9.17, 15) is 16.8 Å². The first-order valence-electron chi connectivity index (χ1n) is 3.88. The van der Waals surface area contributed by atoms with Gasteiger partial charge in [0, 0.05) is 18.0 Å². The summed E-state index contributed by atoms with van der Waals surface area (Å²) in [6, 6.07) is 1.46. The minimum absolute atomic E-state index is 0.0798. The Bertz CT molecular complexity index is 543. The number of hydrogen-bond acceptors (Lipinski definition) is 5. The second-order valence-corrected chi connectivity index (χ2v) is 7.42. The number of sulfone groups is 1. The molecule has 0 aromatic carbocycles. The lowest BCUT2D eigenvalue weighted by Gasteiger charge is -2.02. The van der Waals surface area contributed by atoms with Crippen LogP contribution in [-0.4, -0.2) is 38.4 Å². The number of aromatic nitrogens is 2. The summed E-state index contributed by atoms with van der Waals surface area (Å²) in [4.78, 5) is 0. The molecular weight excluding hydrogens is 242 g/mol. The summed E-state index contributed by atoms with van der Waals surface area (Å²) >= 11 is 0. The Morgan fingerprint density at radius 3 is 2.40 bits per heavy atom. The van der Waals surface area contributed by atoms with E-state index in [1.54, 1.807) is 6.92 Å². The van der Waals surface area contributed by atoms with E-state index in [1.165, 1.54) is 6.07 Å². The number of aryl methyl sites for hydroxylation is 1. The average molecular weight is 253 g/mol. The maximum Gasteiger partial charge on any atom is 0.248 e. The van der Waals surface area contributed by atoms with Crippen molar-refractivity contribution < 1.29 is 16.8 Å². The molecule has 86 valence electrons. The number of H-pyrrole nitrogens is 1. The number of nitrogens with one attached hydrogen (secondary N) is 2. The molecule has 0 radical (unpaired) electrons. The highest BCUT2D eigenvalue weighted by Crippen LogP contribution is 2.07. The van der Waals surface area contributed by atoms with Crippen molar-refractivity contribution in [2.24, 2.45) is 0 Å². The zero-order valence-corrected chi connectivity index (χ0v) is 9.81. The molecule has 0 saturated carbocycles. The molecule has 1 aromatic heterocycles. The molecule has 9 heteroatoms. The van der Waals surface area contributed by atoms with Crippen LogP contribution < -0.4 is 4.72 Å². The predicted octanol–water partition coefficient (Wildman–Crippen LogP) is -0.538. The van der Waals surface area contributed by atoms with Crippen LogP contribution in [0.15, 0.2) is 6.07 Å². The molecule has 2 N–H and O–H groups in total. The number of sulfonamides is 1. The molecule has 1 aromatic rings. The highest BCUT2D eigenvalue weighted by molar-refractivity contribution is 8.08. The molecule has 0 atom stereocenters. The molecular formula is C6H11N3O4S2. The molecule has 0 unspecified atom stereocenters. The van der Waals surface area contributed by atoms with Crippen LogP contribution in [0.4, 0.5) is 5.82 Å². The first kappa shape index (κ1) is 12.0. The van der Waals surface area contributed by atoms with Gasteiger partial charge in [0.05, 0.1) is 0 Å². The van der Waals surface area contributed by atoms with E-state index >= 15 is 0 Å². The zero-order valence-electron chi connectivity index (χ0n) is 8.18. The van der Waals surface area contributed by atoms with Crippen molar-refractivity contribution >= 4 is 25.7 Å². The molecule has 7 nitrogen and oxygen atoms in total. The average Bonchev–Trinajstić information content (AvgIpc) is 2.27. The van der Waals surface area contributed by atoms with Gasteiger partial charge in [-0.15, -0.1) is 0 Å². The monoisotopic (exact) mass is 253 g/mol. The van der Waals surface area contributed by atoms with Crippen LogP contribution in [0.25, 0.3) is 0 Å². The van der Waals surface area contributed by atoms with Gasteiger partial charge in [0.25, 0.3) is 0 Å². The van der Waals surface area contributed by atoms with Gasteiger partial charge in [-0.2, -0.15) is 5.10 Å². The maximum atomic E-state index is 11.3. The molecule has 0 aliphatic heterocycles. The van der Waals surface area contributed by atoms with Crippen molar-refractivity contribution in [3.63, 3.8) is 0 Å². The summed E-state index contributed by atoms with van der Waals surface area (Å²) in [6.07, 6.45) is 0.849. The molecule has 0 spiro atoms. The second kappa shape index (κ2) is 3.81. The predicted molar refractivity (Wildman–Crippen MR) is 55.6 cm³/mol. The normalized spacial score (nSPS) is 12.7. The summed E-state index contributed by atoms with van der Waals surface area (Å²) in [6.45, 7) is 1.70. The molecule has 0 aliphatic rings. The van der Waals surface area contributed by atoms with Gasteiger partial charge in [-0.05, 0) is 6.92 Å². The van der Waals surface area contributed by atoms with E-state index < -0.39 is 24.9 Å². The Morgan fingerprint density at radius 1 is 1.40 bits per heavy atom. The Hall–Kier alpha value is -1.09. The van der Waals surface area contributed by atoms with Gasteiger partial charge in [0.1, 0.15) is 0 Å². The summed E-state index contributed by atoms with van der Waals surface area (Å²) in [5.74, 6) is 0.0798. The van der Waals surface area contributed by atoms with Crippen LogP contribution in [0.2, 0.25) is 0 Å². The molecule has 0 saturated heterocycles. The fourth-order valence-corrected chi connectivity index (χ4v) is 3.85. The number of rotatable bonds is 4. The Morgan fingerprint density at radius 2 is 2.00 bits per heavy atom. The third kappa shape index (κ3) is 4.30. The molecule has 1 heterocycles. The third-order valence-electron chi connectivity index (χ3n) is 1.34. The SMILES string of the molecule is Cc1cc(NS(=O)(=O)CS(C)(=O)=O)n[nH]1. The van der Waals surface area contributed by atoms with Crippen LogP contribution >= 0.6 is 0 Å².